The van der Waals surface area contributed by atoms with Crippen LogP contribution in [0, 0.1) is 0 Å². The van der Waals surface area contributed by atoms with E-state index >= 15 is 0 Å². The van der Waals surface area contributed by atoms with Crippen LogP contribution in [-0.4, -0.2) is 24.5 Å². The first-order valence-corrected chi connectivity index (χ1v) is 8.84. The molecule has 0 aliphatic carbocycles. The second kappa shape index (κ2) is 8.35. The van der Waals surface area contributed by atoms with E-state index in [2.05, 4.69) is 10.3 Å². The van der Waals surface area contributed by atoms with Gasteiger partial charge in [0.2, 0.25) is 0 Å². The molecule has 0 unspecified atom stereocenters. The van der Waals surface area contributed by atoms with Gasteiger partial charge in [-0.15, -0.1) is 0 Å². The van der Waals surface area contributed by atoms with Gasteiger partial charge in [-0.1, -0.05) is 35.9 Å². The lowest BCUT2D eigenvalue weighted by atomic mass is 10.0. The highest BCUT2D eigenvalue weighted by Gasteiger charge is 2.17. The van der Waals surface area contributed by atoms with Crippen LogP contribution in [-0.2, 0) is 11.3 Å². The van der Waals surface area contributed by atoms with E-state index in [9.17, 15) is 4.79 Å². The van der Waals surface area contributed by atoms with Crippen LogP contribution >= 0.6 is 11.6 Å². The first kappa shape index (κ1) is 19.1. The molecule has 0 spiro atoms. The number of aromatic nitrogens is 1. The highest BCUT2D eigenvalue weighted by molar-refractivity contribution is 6.30. The number of anilines is 1. The van der Waals surface area contributed by atoms with Crippen LogP contribution in [0.25, 0.3) is 10.9 Å². The van der Waals surface area contributed by atoms with Gasteiger partial charge < -0.3 is 21.5 Å². The molecule has 3 aromatic rings. The summed E-state index contributed by atoms with van der Waals surface area (Å²) in [5.74, 6) is -0.524. The molecular formula is C20H21ClN4O2. The molecule has 0 bridgehead atoms. The summed E-state index contributed by atoms with van der Waals surface area (Å²) in [5, 5.41) is 4.90. The number of pyridine rings is 1. The third kappa shape index (κ3) is 4.03. The van der Waals surface area contributed by atoms with Crippen LogP contribution in [0.1, 0.15) is 27.5 Å². The lowest BCUT2D eigenvalue weighted by Crippen LogP contribution is -2.22. The third-order valence-electron chi connectivity index (χ3n) is 4.35. The molecule has 0 saturated carbocycles. The molecule has 27 heavy (non-hydrogen) atoms. The van der Waals surface area contributed by atoms with Crippen molar-refractivity contribution in [2.24, 2.45) is 11.5 Å². The number of nitrogens with zero attached hydrogens (tertiary/aromatic N) is 1. The maximum absolute atomic E-state index is 11.8. The normalized spacial score (nSPS) is 12.1. The Morgan fingerprint density at radius 2 is 2.07 bits per heavy atom. The largest absolute Gasteiger partial charge is 0.380 e. The van der Waals surface area contributed by atoms with Crippen molar-refractivity contribution >= 4 is 34.1 Å². The van der Waals surface area contributed by atoms with Gasteiger partial charge in [0.1, 0.15) is 0 Å². The quantitative estimate of drug-likeness (QED) is 0.580. The molecule has 7 heteroatoms. The molecule has 0 fully saturated rings. The number of amides is 1. The predicted octanol–water partition coefficient (Wildman–Crippen LogP) is 3.25. The first-order chi connectivity index (χ1) is 13.0. The molecule has 2 aromatic carbocycles. The Balaban J connectivity index is 2.14. The van der Waals surface area contributed by atoms with Crippen LogP contribution in [0.15, 0.2) is 48.7 Å². The molecule has 1 aromatic heterocycles. The fourth-order valence-corrected chi connectivity index (χ4v) is 3.27. The van der Waals surface area contributed by atoms with Gasteiger partial charge in [0.05, 0.1) is 29.4 Å². The number of methoxy groups -OCH3 is 1. The number of benzene rings is 2. The highest BCUT2D eigenvalue weighted by Crippen LogP contribution is 2.32. The van der Waals surface area contributed by atoms with Crippen LogP contribution in [0.4, 0.5) is 5.69 Å². The number of hydrogen-bond acceptors (Lipinski definition) is 5. The zero-order valence-corrected chi connectivity index (χ0v) is 15.7. The van der Waals surface area contributed by atoms with Crippen molar-refractivity contribution in [3.63, 3.8) is 0 Å². The van der Waals surface area contributed by atoms with Crippen LogP contribution in [0.2, 0.25) is 5.02 Å². The number of nitrogens with one attached hydrogen (secondary N) is 1. The van der Waals surface area contributed by atoms with Crippen molar-refractivity contribution in [3.05, 3.63) is 70.4 Å². The number of hydrogen-bond donors (Lipinski definition) is 3. The molecule has 6 nitrogen and oxygen atoms in total. The second-order valence-electron chi connectivity index (χ2n) is 6.15. The summed E-state index contributed by atoms with van der Waals surface area (Å²) in [5.41, 5.74) is 15.1. The summed E-state index contributed by atoms with van der Waals surface area (Å²) in [6.45, 7) is 0.713. The molecule has 3 rings (SSSR count). The summed E-state index contributed by atoms with van der Waals surface area (Å²) in [6.07, 6.45) is 1.69. The Hall–Kier alpha value is -2.67. The van der Waals surface area contributed by atoms with E-state index in [0.29, 0.717) is 29.3 Å². The number of primary amides is 1. The lowest BCUT2D eigenvalue weighted by molar-refractivity contribution is 0.100. The smallest absolute Gasteiger partial charge is 0.250 e. The molecule has 1 atom stereocenters. The average Bonchev–Trinajstić information content (AvgIpc) is 2.66. The number of para-hydroxylation sites is 1. The van der Waals surface area contributed by atoms with Crippen molar-refractivity contribution in [3.8, 4) is 0 Å². The summed E-state index contributed by atoms with van der Waals surface area (Å²) in [7, 11) is 1.62. The van der Waals surface area contributed by atoms with E-state index in [1.807, 2.05) is 30.3 Å². The Bertz CT molecular complexity index is 977. The Morgan fingerprint density at radius 3 is 2.74 bits per heavy atom. The maximum atomic E-state index is 11.8. The predicted molar refractivity (Wildman–Crippen MR) is 108 cm³/mol. The summed E-state index contributed by atoms with van der Waals surface area (Å²) in [6, 6.07) is 12.7. The van der Waals surface area contributed by atoms with Crippen molar-refractivity contribution < 1.29 is 9.53 Å². The monoisotopic (exact) mass is 384 g/mol. The Kier molecular flexibility index (Phi) is 5.91. The minimum Gasteiger partial charge on any atom is -0.380 e. The summed E-state index contributed by atoms with van der Waals surface area (Å²) >= 11 is 6.13. The molecule has 0 radical (unpaired) electrons. The van der Waals surface area contributed by atoms with Gasteiger partial charge >= 0.3 is 0 Å². The first-order valence-electron chi connectivity index (χ1n) is 8.46. The van der Waals surface area contributed by atoms with E-state index in [-0.39, 0.29) is 6.04 Å². The SMILES string of the molecule is COCc1cnc2c(C(N)=O)cccc2c1N[C@H](CN)c1cccc(Cl)c1. The Labute approximate surface area is 162 Å². The number of rotatable bonds is 7. The zero-order chi connectivity index (χ0) is 19.4. The molecule has 0 aliphatic heterocycles. The number of carbonyl (C=O) groups is 1. The molecule has 1 heterocycles. The van der Waals surface area contributed by atoms with Crippen molar-refractivity contribution in [1.29, 1.82) is 0 Å². The van der Waals surface area contributed by atoms with Crippen molar-refractivity contribution in [2.75, 3.05) is 19.0 Å². The maximum Gasteiger partial charge on any atom is 0.250 e. The minimum atomic E-state index is -0.524. The molecule has 140 valence electrons. The fraction of sp³-hybridized carbons (Fsp3) is 0.200. The molecule has 0 saturated heterocycles. The van der Waals surface area contributed by atoms with Gasteiger partial charge in [0.15, 0.2) is 0 Å². The molecule has 5 N–H and O–H groups in total. The van der Waals surface area contributed by atoms with Gasteiger partial charge in [-0.05, 0) is 23.8 Å². The fourth-order valence-electron chi connectivity index (χ4n) is 3.07. The number of ether oxygens (including phenoxy) is 1. The van der Waals surface area contributed by atoms with Gasteiger partial charge in [-0.25, -0.2) is 0 Å². The van der Waals surface area contributed by atoms with E-state index in [4.69, 9.17) is 27.8 Å². The standard InChI is InChI=1S/C20H21ClN4O2/c1-27-11-13-10-24-19-15(6-3-7-16(19)20(23)26)18(13)25-17(9-22)12-4-2-5-14(21)8-12/h2-8,10,17H,9,11,22H2,1H3,(H2,23,26)(H,24,25)/t17-/m1/s1. The van der Waals surface area contributed by atoms with E-state index in [1.165, 1.54) is 0 Å². The number of halogens is 1. The highest BCUT2D eigenvalue weighted by atomic mass is 35.5. The minimum absolute atomic E-state index is 0.179. The van der Waals surface area contributed by atoms with Crippen molar-refractivity contribution in [2.45, 2.75) is 12.6 Å². The van der Waals surface area contributed by atoms with Crippen LogP contribution in [0.5, 0.6) is 0 Å². The van der Waals surface area contributed by atoms with E-state index < -0.39 is 5.91 Å². The average molecular weight is 385 g/mol. The third-order valence-corrected chi connectivity index (χ3v) is 4.58. The van der Waals surface area contributed by atoms with E-state index in [1.54, 1.807) is 25.4 Å². The number of fused-ring (bicyclic) bond motifs is 1. The van der Waals surface area contributed by atoms with Gasteiger partial charge in [-0.3, -0.25) is 9.78 Å². The van der Waals surface area contributed by atoms with Crippen molar-refractivity contribution in [1.82, 2.24) is 4.98 Å². The lowest BCUT2D eigenvalue weighted by Gasteiger charge is -2.22. The van der Waals surface area contributed by atoms with Gasteiger partial charge in [0.25, 0.3) is 5.91 Å². The number of carbonyl (C=O) groups excluding carboxylic acids is 1. The molecule has 1 amide bonds. The van der Waals surface area contributed by atoms with Gasteiger partial charge in [-0.2, -0.15) is 0 Å². The Morgan fingerprint density at radius 1 is 1.30 bits per heavy atom. The second-order valence-corrected chi connectivity index (χ2v) is 6.58. The summed E-state index contributed by atoms with van der Waals surface area (Å²) in [4.78, 5) is 16.2. The zero-order valence-electron chi connectivity index (χ0n) is 14.9. The summed E-state index contributed by atoms with van der Waals surface area (Å²) < 4.78 is 5.31. The number of nitrogens with two attached hydrogens (primary N) is 2. The molecular weight excluding hydrogens is 364 g/mol. The van der Waals surface area contributed by atoms with E-state index in [0.717, 1.165) is 22.2 Å². The van der Waals surface area contributed by atoms with Gasteiger partial charge in [0, 0.05) is 35.8 Å². The molecule has 0 aliphatic rings. The van der Waals surface area contributed by atoms with Crippen LogP contribution < -0.4 is 16.8 Å². The topological polar surface area (TPSA) is 103 Å². The van der Waals surface area contributed by atoms with Crippen LogP contribution in [0.3, 0.4) is 0 Å².